The molecular formula is C17H24ClNO4. The smallest absolute Gasteiger partial charge is 0.307 e. The predicted molar refractivity (Wildman–Crippen MR) is 89.3 cm³/mol. The Morgan fingerprint density at radius 1 is 1.17 bits per heavy atom. The molecule has 23 heavy (non-hydrogen) atoms. The number of nitrogens with zero attached hydrogens (tertiary/aromatic N) is 1. The summed E-state index contributed by atoms with van der Waals surface area (Å²) in [4.78, 5) is 25.1. The van der Waals surface area contributed by atoms with Gasteiger partial charge in [0.25, 0.3) is 0 Å². The number of aliphatic hydroxyl groups excluding tert-OH is 1. The zero-order valence-electron chi connectivity index (χ0n) is 13.5. The summed E-state index contributed by atoms with van der Waals surface area (Å²) in [5.41, 5.74) is 1.13. The number of rotatable bonds is 10. The van der Waals surface area contributed by atoms with Crippen molar-refractivity contribution in [3.63, 3.8) is 0 Å². The fourth-order valence-electron chi connectivity index (χ4n) is 2.19. The van der Waals surface area contributed by atoms with Gasteiger partial charge in [-0.1, -0.05) is 23.7 Å². The molecule has 6 heteroatoms. The maximum absolute atomic E-state index is 12.2. The molecular weight excluding hydrogens is 318 g/mol. The van der Waals surface area contributed by atoms with E-state index in [0.29, 0.717) is 24.5 Å². The van der Waals surface area contributed by atoms with E-state index in [1.807, 2.05) is 24.3 Å². The summed E-state index contributed by atoms with van der Waals surface area (Å²) in [7, 11) is 0. The lowest BCUT2D eigenvalue weighted by Gasteiger charge is -2.21. The average Bonchev–Trinajstić information content (AvgIpc) is 2.53. The normalized spacial score (nSPS) is 10.4. The SMILES string of the molecule is CCOC(=O)CCN(CCO)C(=O)CCCc1ccc(Cl)cc1. The molecule has 0 saturated carbocycles. The second-order valence-electron chi connectivity index (χ2n) is 5.14. The third-order valence-electron chi connectivity index (χ3n) is 3.38. The van der Waals surface area contributed by atoms with E-state index in [0.717, 1.165) is 12.0 Å². The van der Waals surface area contributed by atoms with Gasteiger partial charge < -0.3 is 14.7 Å². The van der Waals surface area contributed by atoms with Crippen LogP contribution in [-0.2, 0) is 20.7 Å². The zero-order valence-corrected chi connectivity index (χ0v) is 14.2. The zero-order chi connectivity index (χ0) is 17.1. The highest BCUT2D eigenvalue weighted by atomic mass is 35.5. The van der Waals surface area contributed by atoms with Gasteiger partial charge in [0.1, 0.15) is 0 Å². The van der Waals surface area contributed by atoms with E-state index in [1.165, 1.54) is 4.90 Å². The van der Waals surface area contributed by atoms with Crippen LogP contribution in [0.15, 0.2) is 24.3 Å². The van der Waals surface area contributed by atoms with Crippen molar-refractivity contribution >= 4 is 23.5 Å². The van der Waals surface area contributed by atoms with Crippen molar-refractivity contribution < 1.29 is 19.4 Å². The monoisotopic (exact) mass is 341 g/mol. The van der Waals surface area contributed by atoms with Crippen molar-refractivity contribution in [2.75, 3.05) is 26.3 Å². The maximum Gasteiger partial charge on any atom is 0.307 e. The number of halogens is 1. The summed E-state index contributed by atoms with van der Waals surface area (Å²) >= 11 is 5.83. The van der Waals surface area contributed by atoms with Crippen molar-refractivity contribution in [1.82, 2.24) is 4.90 Å². The van der Waals surface area contributed by atoms with E-state index in [9.17, 15) is 9.59 Å². The van der Waals surface area contributed by atoms with Gasteiger partial charge in [0, 0.05) is 24.5 Å². The summed E-state index contributed by atoms with van der Waals surface area (Å²) in [5.74, 6) is -0.387. The Hall–Kier alpha value is -1.59. The first-order valence-electron chi connectivity index (χ1n) is 7.85. The van der Waals surface area contributed by atoms with E-state index in [2.05, 4.69) is 0 Å². The quantitative estimate of drug-likeness (QED) is 0.664. The second kappa shape index (κ2) is 11.0. The highest BCUT2D eigenvalue weighted by Gasteiger charge is 2.14. The van der Waals surface area contributed by atoms with E-state index in [4.69, 9.17) is 21.4 Å². The van der Waals surface area contributed by atoms with E-state index in [-0.39, 0.29) is 38.0 Å². The Morgan fingerprint density at radius 2 is 1.87 bits per heavy atom. The highest BCUT2D eigenvalue weighted by Crippen LogP contribution is 2.12. The Labute approximate surface area is 142 Å². The molecule has 0 spiro atoms. The third kappa shape index (κ3) is 8.00. The number of hydrogen-bond donors (Lipinski definition) is 1. The van der Waals surface area contributed by atoms with Crippen LogP contribution in [0.3, 0.4) is 0 Å². The minimum atomic E-state index is -0.329. The fourth-order valence-corrected chi connectivity index (χ4v) is 2.32. The Morgan fingerprint density at radius 3 is 2.48 bits per heavy atom. The largest absolute Gasteiger partial charge is 0.466 e. The molecule has 0 aliphatic heterocycles. The first-order valence-corrected chi connectivity index (χ1v) is 8.23. The van der Waals surface area contributed by atoms with Crippen LogP contribution in [0, 0.1) is 0 Å². The number of benzene rings is 1. The summed E-state index contributed by atoms with van der Waals surface area (Å²) in [5, 5.41) is 9.75. The van der Waals surface area contributed by atoms with Gasteiger partial charge >= 0.3 is 5.97 Å². The Balaban J connectivity index is 2.38. The summed E-state index contributed by atoms with van der Waals surface area (Å²) in [6.07, 6.45) is 2.03. The molecule has 1 aromatic rings. The molecule has 0 heterocycles. The molecule has 0 atom stereocenters. The maximum atomic E-state index is 12.2. The van der Waals surface area contributed by atoms with Gasteiger partial charge in [-0.05, 0) is 37.5 Å². The van der Waals surface area contributed by atoms with Gasteiger partial charge in [-0.15, -0.1) is 0 Å². The molecule has 0 bridgehead atoms. The van der Waals surface area contributed by atoms with Crippen LogP contribution in [0.1, 0.15) is 31.7 Å². The molecule has 1 amide bonds. The van der Waals surface area contributed by atoms with Crippen molar-refractivity contribution in [2.45, 2.75) is 32.6 Å². The van der Waals surface area contributed by atoms with Crippen LogP contribution in [0.25, 0.3) is 0 Å². The van der Waals surface area contributed by atoms with Crippen LogP contribution >= 0.6 is 11.6 Å². The molecule has 0 aliphatic rings. The molecule has 5 nitrogen and oxygen atoms in total. The fraction of sp³-hybridized carbons (Fsp3) is 0.529. The van der Waals surface area contributed by atoms with Gasteiger partial charge in [0.2, 0.25) is 5.91 Å². The standard InChI is InChI=1S/C17H24ClNO4/c1-2-23-17(22)10-11-19(12-13-20)16(21)5-3-4-14-6-8-15(18)9-7-14/h6-9,20H,2-5,10-13H2,1H3. The Bertz CT molecular complexity index is 490. The second-order valence-corrected chi connectivity index (χ2v) is 5.58. The highest BCUT2D eigenvalue weighted by molar-refractivity contribution is 6.30. The summed E-state index contributed by atoms with van der Waals surface area (Å²) in [6.45, 7) is 2.46. The number of amides is 1. The molecule has 0 radical (unpaired) electrons. The van der Waals surface area contributed by atoms with Gasteiger partial charge in [-0.3, -0.25) is 9.59 Å². The number of esters is 1. The van der Waals surface area contributed by atoms with Crippen LogP contribution in [0.2, 0.25) is 5.02 Å². The van der Waals surface area contributed by atoms with Gasteiger partial charge in [-0.2, -0.15) is 0 Å². The average molecular weight is 342 g/mol. The van der Waals surface area contributed by atoms with Crippen LogP contribution < -0.4 is 0 Å². The van der Waals surface area contributed by atoms with Crippen molar-refractivity contribution in [3.8, 4) is 0 Å². The molecule has 0 saturated heterocycles. The molecule has 1 aromatic carbocycles. The summed E-state index contributed by atoms with van der Waals surface area (Å²) < 4.78 is 4.85. The summed E-state index contributed by atoms with van der Waals surface area (Å²) in [6, 6.07) is 7.55. The molecule has 0 fully saturated rings. The Kier molecular flexibility index (Phi) is 9.33. The third-order valence-corrected chi connectivity index (χ3v) is 3.64. The number of carbonyl (C=O) groups excluding carboxylic acids is 2. The minimum absolute atomic E-state index is 0.0580. The first kappa shape index (κ1) is 19.5. The number of carbonyl (C=O) groups is 2. The number of hydrogen-bond acceptors (Lipinski definition) is 4. The van der Waals surface area contributed by atoms with Gasteiger partial charge in [0.15, 0.2) is 0 Å². The van der Waals surface area contributed by atoms with Gasteiger partial charge in [0.05, 0.1) is 19.6 Å². The van der Waals surface area contributed by atoms with E-state index < -0.39 is 0 Å². The van der Waals surface area contributed by atoms with Crippen LogP contribution in [0.5, 0.6) is 0 Å². The number of aryl methyl sites for hydroxylation is 1. The van der Waals surface area contributed by atoms with Crippen molar-refractivity contribution in [3.05, 3.63) is 34.9 Å². The molecule has 0 aromatic heterocycles. The minimum Gasteiger partial charge on any atom is -0.466 e. The topological polar surface area (TPSA) is 66.8 Å². The molecule has 0 unspecified atom stereocenters. The van der Waals surface area contributed by atoms with E-state index in [1.54, 1.807) is 6.92 Å². The van der Waals surface area contributed by atoms with Gasteiger partial charge in [-0.25, -0.2) is 0 Å². The number of aliphatic hydroxyl groups is 1. The molecule has 128 valence electrons. The van der Waals surface area contributed by atoms with Crippen LogP contribution in [-0.4, -0.2) is 48.2 Å². The number of ether oxygens (including phenoxy) is 1. The van der Waals surface area contributed by atoms with E-state index >= 15 is 0 Å². The lowest BCUT2D eigenvalue weighted by atomic mass is 10.1. The van der Waals surface area contributed by atoms with Crippen LogP contribution in [0.4, 0.5) is 0 Å². The predicted octanol–water partition coefficient (Wildman–Crippen LogP) is 2.44. The first-order chi connectivity index (χ1) is 11.1. The molecule has 0 aliphatic carbocycles. The lowest BCUT2D eigenvalue weighted by molar-refractivity contribution is -0.144. The lowest BCUT2D eigenvalue weighted by Crippen LogP contribution is -2.35. The van der Waals surface area contributed by atoms with Crippen molar-refractivity contribution in [2.24, 2.45) is 0 Å². The van der Waals surface area contributed by atoms with Crippen molar-refractivity contribution in [1.29, 1.82) is 0 Å². The molecule has 1 rings (SSSR count). The molecule has 1 N–H and O–H groups in total.